The van der Waals surface area contributed by atoms with Crippen molar-refractivity contribution >= 4 is 5.95 Å². The lowest BCUT2D eigenvalue weighted by Gasteiger charge is -2.20. The maximum Gasteiger partial charge on any atom is 0.202 e. The number of nitrogens with one attached hydrogen (secondary N) is 1. The Bertz CT molecular complexity index is 345. The zero-order valence-electron chi connectivity index (χ0n) is 11.3. The van der Waals surface area contributed by atoms with Gasteiger partial charge in [-0.3, -0.25) is 0 Å². The molecule has 0 saturated heterocycles. The lowest BCUT2D eigenvalue weighted by molar-refractivity contribution is 0.433. The highest BCUT2D eigenvalue weighted by Crippen LogP contribution is 2.32. The van der Waals surface area contributed by atoms with Crippen molar-refractivity contribution in [1.29, 1.82) is 0 Å². The summed E-state index contributed by atoms with van der Waals surface area (Å²) >= 11 is 0. The highest BCUT2D eigenvalue weighted by molar-refractivity contribution is 5.28. The van der Waals surface area contributed by atoms with Crippen LogP contribution in [0.5, 0.6) is 0 Å². The van der Waals surface area contributed by atoms with Crippen LogP contribution in [0.25, 0.3) is 0 Å². The lowest BCUT2D eigenvalue weighted by atomic mass is 9.98. The molecule has 0 amide bonds. The molecule has 2 rings (SSSR count). The first kappa shape index (κ1) is 12.5. The second-order valence-electron chi connectivity index (χ2n) is 5.46. The van der Waals surface area contributed by atoms with Gasteiger partial charge < -0.3 is 9.88 Å². The molecule has 96 valence electrons. The van der Waals surface area contributed by atoms with E-state index in [4.69, 9.17) is 0 Å². The molecule has 0 spiro atoms. The number of unbranched alkanes of at least 4 members (excludes halogenated alkanes) is 1. The fourth-order valence-corrected chi connectivity index (χ4v) is 2.69. The third-order valence-corrected chi connectivity index (χ3v) is 4.25. The summed E-state index contributed by atoms with van der Waals surface area (Å²) in [6.07, 6.45) is 9.07. The molecule has 1 fully saturated rings. The summed E-state index contributed by atoms with van der Waals surface area (Å²) in [5, 5.41) is 3.63. The van der Waals surface area contributed by atoms with E-state index in [1.54, 1.807) is 0 Å². The third kappa shape index (κ3) is 2.82. The highest BCUT2D eigenvalue weighted by atomic mass is 15.2. The Morgan fingerprint density at radius 3 is 2.88 bits per heavy atom. The molecule has 1 aromatic heterocycles. The Morgan fingerprint density at radius 1 is 1.41 bits per heavy atom. The molecule has 3 heteroatoms. The van der Waals surface area contributed by atoms with Crippen LogP contribution in [0.4, 0.5) is 5.95 Å². The van der Waals surface area contributed by atoms with Crippen LogP contribution < -0.4 is 5.32 Å². The van der Waals surface area contributed by atoms with Gasteiger partial charge >= 0.3 is 0 Å². The van der Waals surface area contributed by atoms with Gasteiger partial charge in [-0.1, -0.05) is 27.2 Å². The maximum atomic E-state index is 4.44. The van der Waals surface area contributed by atoms with Crippen molar-refractivity contribution in [3.05, 3.63) is 12.4 Å². The summed E-state index contributed by atoms with van der Waals surface area (Å²) in [5.74, 6) is 2.65. The molecule has 0 radical (unpaired) electrons. The first-order chi connectivity index (χ1) is 8.22. The Kier molecular flexibility index (Phi) is 4.08. The Morgan fingerprint density at radius 2 is 2.24 bits per heavy atom. The SMILES string of the molecule is CCCCn1ccnc1NC1CCC(C)C1C. The van der Waals surface area contributed by atoms with Gasteiger partial charge in [-0.15, -0.1) is 0 Å². The summed E-state index contributed by atoms with van der Waals surface area (Å²) in [4.78, 5) is 4.44. The molecule has 1 aliphatic carbocycles. The van der Waals surface area contributed by atoms with E-state index in [1.165, 1.54) is 25.7 Å². The molecule has 3 unspecified atom stereocenters. The van der Waals surface area contributed by atoms with Crippen molar-refractivity contribution in [2.75, 3.05) is 5.32 Å². The molecule has 1 heterocycles. The second-order valence-corrected chi connectivity index (χ2v) is 5.46. The minimum Gasteiger partial charge on any atom is -0.353 e. The van der Waals surface area contributed by atoms with E-state index in [0.717, 1.165) is 24.3 Å². The zero-order chi connectivity index (χ0) is 12.3. The fraction of sp³-hybridized carbons (Fsp3) is 0.786. The summed E-state index contributed by atoms with van der Waals surface area (Å²) in [6.45, 7) is 8.02. The van der Waals surface area contributed by atoms with Crippen LogP contribution >= 0.6 is 0 Å². The van der Waals surface area contributed by atoms with Crippen molar-refractivity contribution in [1.82, 2.24) is 9.55 Å². The minimum absolute atomic E-state index is 0.604. The molecular formula is C14H25N3. The molecule has 17 heavy (non-hydrogen) atoms. The first-order valence-electron chi connectivity index (χ1n) is 7.00. The number of hydrogen-bond acceptors (Lipinski definition) is 2. The maximum absolute atomic E-state index is 4.44. The van der Waals surface area contributed by atoms with E-state index in [9.17, 15) is 0 Å². The quantitative estimate of drug-likeness (QED) is 0.846. The number of imidazole rings is 1. The van der Waals surface area contributed by atoms with Gasteiger partial charge in [-0.05, 0) is 31.1 Å². The van der Waals surface area contributed by atoms with E-state index in [0.29, 0.717) is 6.04 Å². The summed E-state index contributed by atoms with van der Waals surface area (Å²) in [7, 11) is 0. The van der Waals surface area contributed by atoms with Crippen LogP contribution in [0.15, 0.2) is 12.4 Å². The Labute approximate surface area is 105 Å². The van der Waals surface area contributed by atoms with Crippen molar-refractivity contribution < 1.29 is 0 Å². The monoisotopic (exact) mass is 235 g/mol. The van der Waals surface area contributed by atoms with Gasteiger partial charge in [0.1, 0.15) is 0 Å². The van der Waals surface area contributed by atoms with Gasteiger partial charge in [0.2, 0.25) is 5.95 Å². The van der Waals surface area contributed by atoms with E-state index in [-0.39, 0.29) is 0 Å². The number of rotatable bonds is 5. The minimum atomic E-state index is 0.604. The molecule has 1 aliphatic rings. The number of hydrogen-bond donors (Lipinski definition) is 1. The first-order valence-corrected chi connectivity index (χ1v) is 7.00. The van der Waals surface area contributed by atoms with E-state index < -0.39 is 0 Å². The molecule has 0 bridgehead atoms. The second kappa shape index (κ2) is 5.56. The fourth-order valence-electron chi connectivity index (χ4n) is 2.69. The van der Waals surface area contributed by atoms with Gasteiger partial charge in [-0.25, -0.2) is 4.98 Å². The van der Waals surface area contributed by atoms with Crippen LogP contribution in [0.1, 0.15) is 46.5 Å². The average Bonchev–Trinajstić information content (AvgIpc) is 2.89. The molecule has 1 saturated carbocycles. The molecule has 3 atom stereocenters. The van der Waals surface area contributed by atoms with Gasteiger partial charge in [0.15, 0.2) is 0 Å². The van der Waals surface area contributed by atoms with Gasteiger partial charge in [0.05, 0.1) is 0 Å². The third-order valence-electron chi connectivity index (χ3n) is 4.25. The van der Waals surface area contributed by atoms with Crippen LogP contribution in [0.2, 0.25) is 0 Å². The zero-order valence-corrected chi connectivity index (χ0v) is 11.3. The smallest absolute Gasteiger partial charge is 0.202 e. The summed E-state index contributed by atoms with van der Waals surface area (Å²) in [5.41, 5.74) is 0. The molecule has 3 nitrogen and oxygen atoms in total. The van der Waals surface area contributed by atoms with Gasteiger partial charge in [-0.2, -0.15) is 0 Å². The number of anilines is 1. The largest absolute Gasteiger partial charge is 0.353 e. The van der Waals surface area contributed by atoms with E-state index in [1.807, 2.05) is 6.20 Å². The molecule has 1 N–H and O–H groups in total. The Hall–Kier alpha value is -0.990. The molecule has 1 aromatic rings. The predicted octanol–water partition coefficient (Wildman–Crippen LogP) is 3.53. The predicted molar refractivity (Wildman–Crippen MR) is 72.1 cm³/mol. The topological polar surface area (TPSA) is 29.9 Å². The number of aromatic nitrogens is 2. The molecule has 0 aromatic carbocycles. The summed E-state index contributed by atoms with van der Waals surface area (Å²) < 4.78 is 2.25. The van der Waals surface area contributed by atoms with Crippen LogP contribution in [0, 0.1) is 11.8 Å². The number of nitrogens with zero attached hydrogens (tertiary/aromatic N) is 2. The van der Waals surface area contributed by atoms with Crippen molar-refractivity contribution in [3.8, 4) is 0 Å². The van der Waals surface area contributed by atoms with Crippen molar-refractivity contribution in [2.24, 2.45) is 11.8 Å². The highest BCUT2D eigenvalue weighted by Gasteiger charge is 2.30. The molecular weight excluding hydrogens is 210 g/mol. The van der Waals surface area contributed by atoms with Crippen LogP contribution in [-0.4, -0.2) is 15.6 Å². The van der Waals surface area contributed by atoms with Crippen LogP contribution in [-0.2, 0) is 6.54 Å². The standard InChI is InChI=1S/C14H25N3/c1-4-5-9-17-10-8-15-14(17)16-13-7-6-11(2)12(13)3/h8,10-13H,4-7,9H2,1-3H3,(H,15,16). The number of aryl methyl sites for hydroxylation is 1. The van der Waals surface area contributed by atoms with Gasteiger partial charge in [0.25, 0.3) is 0 Å². The van der Waals surface area contributed by atoms with E-state index in [2.05, 4.69) is 41.8 Å². The average molecular weight is 235 g/mol. The van der Waals surface area contributed by atoms with Crippen molar-refractivity contribution in [2.45, 2.75) is 59.0 Å². The lowest BCUT2D eigenvalue weighted by Crippen LogP contribution is -2.25. The van der Waals surface area contributed by atoms with Crippen molar-refractivity contribution in [3.63, 3.8) is 0 Å². The van der Waals surface area contributed by atoms with Crippen LogP contribution in [0.3, 0.4) is 0 Å². The molecule has 0 aliphatic heterocycles. The normalized spacial score (nSPS) is 28.5. The summed E-state index contributed by atoms with van der Waals surface area (Å²) in [6, 6.07) is 0.604. The van der Waals surface area contributed by atoms with E-state index >= 15 is 0 Å². The Balaban J connectivity index is 1.96. The van der Waals surface area contributed by atoms with Gasteiger partial charge in [0, 0.05) is 25.0 Å².